The number of unbranched alkanes of at least 4 members (excludes halogenated alkanes) is 1. The minimum Gasteiger partial charge on any atom is -0.377 e. The fourth-order valence-corrected chi connectivity index (χ4v) is 1.87. The third-order valence-electron chi connectivity index (χ3n) is 2.49. The van der Waals surface area contributed by atoms with Crippen LogP contribution in [0.15, 0.2) is 24.3 Å². The first-order valence-corrected chi connectivity index (χ1v) is 7.05. The van der Waals surface area contributed by atoms with Crippen LogP contribution in [0.2, 0.25) is 0 Å². The monoisotopic (exact) mass is 298 g/mol. The van der Waals surface area contributed by atoms with E-state index in [4.69, 9.17) is 4.74 Å². The average Bonchev–Trinajstić information content (AvgIpc) is 2.33. The molecule has 0 amide bonds. The highest BCUT2D eigenvalue weighted by molar-refractivity contribution is 9.09. The highest BCUT2D eigenvalue weighted by atomic mass is 79.9. The summed E-state index contributed by atoms with van der Waals surface area (Å²) in [5.41, 5.74) is 2.47. The van der Waals surface area contributed by atoms with Crippen molar-refractivity contribution in [1.82, 2.24) is 0 Å². The van der Waals surface area contributed by atoms with Gasteiger partial charge in [-0.2, -0.15) is 0 Å². The van der Waals surface area contributed by atoms with Gasteiger partial charge in [-0.05, 0) is 25.3 Å². The fraction of sp³-hybridized carbons (Fsp3) is 0.500. The van der Waals surface area contributed by atoms with Crippen LogP contribution in [0.25, 0.3) is 0 Å². The highest BCUT2D eigenvalue weighted by Crippen LogP contribution is 2.06. The highest BCUT2D eigenvalue weighted by Gasteiger charge is 1.99. The lowest BCUT2D eigenvalue weighted by atomic mass is 10.1. The van der Waals surface area contributed by atoms with Gasteiger partial charge in [-0.15, -0.1) is 0 Å². The number of carbonyl (C=O) groups is 1. The second-order valence-electron chi connectivity index (χ2n) is 4.17. The molecule has 0 saturated carbocycles. The van der Waals surface area contributed by atoms with E-state index in [0.717, 1.165) is 19.4 Å². The Kier molecular flexibility index (Phi) is 7.13. The minimum absolute atomic E-state index is 0.267. The summed E-state index contributed by atoms with van der Waals surface area (Å²) in [6.45, 7) is 3.47. The Bertz CT molecular complexity index is 350. The average molecular weight is 299 g/mol. The lowest BCUT2D eigenvalue weighted by molar-refractivity contribution is -0.116. The molecule has 0 heterocycles. The molecule has 0 bridgehead atoms. The molecule has 1 aromatic carbocycles. The SMILES string of the molecule is Cc1cccc(COCCCCC(=O)CBr)c1. The Morgan fingerprint density at radius 3 is 2.88 bits per heavy atom. The Morgan fingerprint density at radius 1 is 1.35 bits per heavy atom. The summed E-state index contributed by atoms with van der Waals surface area (Å²) in [6.07, 6.45) is 2.52. The summed E-state index contributed by atoms with van der Waals surface area (Å²) in [6, 6.07) is 8.33. The van der Waals surface area contributed by atoms with Crippen LogP contribution in [0.5, 0.6) is 0 Å². The van der Waals surface area contributed by atoms with E-state index >= 15 is 0 Å². The molecule has 0 aromatic heterocycles. The van der Waals surface area contributed by atoms with E-state index in [1.807, 2.05) is 6.07 Å². The van der Waals surface area contributed by atoms with Gasteiger partial charge in [0, 0.05) is 13.0 Å². The van der Waals surface area contributed by atoms with Gasteiger partial charge in [0.15, 0.2) is 0 Å². The molecule has 0 N–H and O–H groups in total. The molecular weight excluding hydrogens is 280 g/mol. The van der Waals surface area contributed by atoms with Crippen LogP contribution in [0.4, 0.5) is 0 Å². The first kappa shape index (κ1) is 14.4. The Hall–Kier alpha value is -0.670. The number of aryl methyl sites for hydroxylation is 1. The van der Waals surface area contributed by atoms with E-state index < -0.39 is 0 Å². The van der Waals surface area contributed by atoms with E-state index in [0.29, 0.717) is 18.4 Å². The molecule has 94 valence electrons. The van der Waals surface area contributed by atoms with Gasteiger partial charge >= 0.3 is 0 Å². The zero-order valence-corrected chi connectivity index (χ0v) is 11.8. The third kappa shape index (κ3) is 6.59. The van der Waals surface area contributed by atoms with Crippen molar-refractivity contribution in [1.29, 1.82) is 0 Å². The maximum absolute atomic E-state index is 11.0. The molecule has 0 unspecified atom stereocenters. The van der Waals surface area contributed by atoms with Crippen LogP contribution in [0.1, 0.15) is 30.4 Å². The van der Waals surface area contributed by atoms with Crippen molar-refractivity contribution in [2.24, 2.45) is 0 Å². The zero-order chi connectivity index (χ0) is 12.5. The summed E-state index contributed by atoms with van der Waals surface area (Å²) in [5.74, 6) is 0.267. The van der Waals surface area contributed by atoms with Gasteiger partial charge < -0.3 is 4.74 Å². The topological polar surface area (TPSA) is 26.3 Å². The van der Waals surface area contributed by atoms with Crippen molar-refractivity contribution in [3.8, 4) is 0 Å². The molecule has 0 aliphatic heterocycles. The van der Waals surface area contributed by atoms with Crippen LogP contribution in [-0.4, -0.2) is 17.7 Å². The summed E-state index contributed by atoms with van der Waals surface area (Å²) in [4.78, 5) is 11.0. The second kappa shape index (κ2) is 8.43. The normalized spacial score (nSPS) is 10.5. The molecule has 0 fully saturated rings. The van der Waals surface area contributed by atoms with Crippen molar-refractivity contribution >= 4 is 21.7 Å². The van der Waals surface area contributed by atoms with Gasteiger partial charge in [0.05, 0.1) is 11.9 Å². The number of rotatable bonds is 8. The maximum Gasteiger partial charge on any atom is 0.143 e. The number of benzene rings is 1. The number of hydrogen-bond donors (Lipinski definition) is 0. The summed E-state index contributed by atoms with van der Waals surface area (Å²) in [5, 5.41) is 0.469. The molecule has 17 heavy (non-hydrogen) atoms. The van der Waals surface area contributed by atoms with Gasteiger partial charge in [0.1, 0.15) is 5.78 Å². The van der Waals surface area contributed by atoms with Gasteiger partial charge in [-0.1, -0.05) is 45.8 Å². The van der Waals surface area contributed by atoms with Gasteiger partial charge in [0.25, 0.3) is 0 Å². The van der Waals surface area contributed by atoms with Crippen molar-refractivity contribution in [2.45, 2.75) is 32.8 Å². The van der Waals surface area contributed by atoms with Crippen molar-refractivity contribution in [3.05, 3.63) is 35.4 Å². The first-order chi connectivity index (χ1) is 8.22. The molecule has 1 rings (SSSR count). The molecule has 3 heteroatoms. The van der Waals surface area contributed by atoms with Crippen LogP contribution in [0.3, 0.4) is 0 Å². The standard InChI is InChI=1S/C14H19BrO2/c1-12-5-4-6-13(9-12)11-17-8-3-2-7-14(16)10-15/h4-6,9H,2-3,7-8,10-11H2,1H3. The van der Waals surface area contributed by atoms with Crippen molar-refractivity contribution < 1.29 is 9.53 Å². The molecule has 0 spiro atoms. The Morgan fingerprint density at radius 2 is 2.18 bits per heavy atom. The van der Waals surface area contributed by atoms with E-state index in [1.54, 1.807) is 0 Å². The number of Topliss-reactive ketones (excluding diaryl/α,β-unsaturated/α-hetero) is 1. The third-order valence-corrected chi connectivity index (χ3v) is 3.12. The number of hydrogen-bond acceptors (Lipinski definition) is 2. The van der Waals surface area contributed by atoms with Gasteiger partial charge in [-0.3, -0.25) is 4.79 Å². The predicted octanol–water partition coefficient (Wildman–Crippen LogP) is 3.65. The lowest BCUT2D eigenvalue weighted by Gasteiger charge is -2.04. The van der Waals surface area contributed by atoms with Crippen molar-refractivity contribution in [2.75, 3.05) is 11.9 Å². The molecule has 0 radical (unpaired) electrons. The molecule has 0 aliphatic carbocycles. The first-order valence-electron chi connectivity index (χ1n) is 5.93. The molecule has 2 nitrogen and oxygen atoms in total. The largest absolute Gasteiger partial charge is 0.377 e. The number of ketones is 1. The Balaban J connectivity index is 2.06. The summed E-state index contributed by atoms with van der Waals surface area (Å²) in [7, 11) is 0. The number of alkyl halides is 1. The quantitative estimate of drug-likeness (QED) is 0.541. The Labute approximate surface area is 111 Å². The van der Waals surface area contributed by atoms with Crippen LogP contribution in [-0.2, 0) is 16.1 Å². The number of ether oxygens (including phenoxy) is 1. The molecular formula is C14H19BrO2. The second-order valence-corrected chi connectivity index (χ2v) is 4.73. The predicted molar refractivity (Wildman–Crippen MR) is 73.5 cm³/mol. The molecule has 1 aromatic rings. The van der Waals surface area contributed by atoms with Crippen LogP contribution < -0.4 is 0 Å². The summed E-state index contributed by atoms with van der Waals surface area (Å²) >= 11 is 3.15. The lowest BCUT2D eigenvalue weighted by Crippen LogP contribution is -2.00. The fourth-order valence-electron chi connectivity index (χ4n) is 1.59. The maximum atomic E-state index is 11.0. The van der Waals surface area contributed by atoms with Crippen molar-refractivity contribution in [3.63, 3.8) is 0 Å². The number of halogens is 1. The number of carbonyl (C=O) groups excluding carboxylic acids is 1. The van der Waals surface area contributed by atoms with Gasteiger partial charge in [-0.25, -0.2) is 0 Å². The van der Waals surface area contributed by atoms with Crippen LogP contribution in [0, 0.1) is 6.92 Å². The molecule has 0 saturated heterocycles. The zero-order valence-electron chi connectivity index (χ0n) is 10.2. The van der Waals surface area contributed by atoms with E-state index in [9.17, 15) is 4.79 Å². The minimum atomic E-state index is 0.267. The van der Waals surface area contributed by atoms with E-state index in [2.05, 4.69) is 41.1 Å². The van der Waals surface area contributed by atoms with E-state index in [-0.39, 0.29) is 5.78 Å². The van der Waals surface area contributed by atoms with E-state index in [1.165, 1.54) is 11.1 Å². The molecule has 0 atom stereocenters. The van der Waals surface area contributed by atoms with Gasteiger partial charge in [0.2, 0.25) is 0 Å². The van der Waals surface area contributed by atoms with Crippen LogP contribution >= 0.6 is 15.9 Å². The smallest absolute Gasteiger partial charge is 0.143 e. The summed E-state index contributed by atoms with van der Waals surface area (Å²) < 4.78 is 5.57. The molecule has 0 aliphatic rings.